The molecular formula is C21H18N2O3S. The molecule has 2 aromatic heterocycles. The van der Waals surface area contributed by atoms with Crippen molar-refractivity contribution in [3.8, 4) is 6.07 Å². The van der Waals surface area contributed by atoms with Gasteiger partial charge in [0.15, 0.2) is 5.76 Å². The van der Waals surface area contributed by atoms with Gasteiger partial charge in [-0.2, -0.15) is 5.26 Å². The quantitative estimate of drug-likeness (QED) is 0.728. The highest BCUT2D eigenvalue weighted by Gasteiger charge is 2.26. The van der Waals surface area contributed by atoms with Gasteiger partial charge in [-0.1, -0.05) is 31.5 Å². The summed E-state index contributed by atoms with van der Waals surface area (Å²) < 4.78 is 5.19. The van der Waals surface area contributed by atoms with E-state index in [4.69, 9.17) is 4.42 Å². The molecule has 2 heterocycles. The summed E-state index contributed by atoms with van der Waals surface area (Å²) in [5, 5.41) is 14.0. The lowest BCUT2D eigenvalue weighted by atomic mass is 9.86. The topological polar surface area (TPSA) is 83.1 Å². The van der Waals surface area contributed by atoms with Crippen molar-refractivity contribution in [2.24, 2.45) is 5.92 Å². The average molecular weight is 378 g/mol. The largest absolute Gasteiger partial charge is 0.417 e. The number of hydrogen-bond donors (Lipinski definition) is 1. The van der Waals surface area contributed by atoms with Crippen LogP contribution in [0.25, 0.3) is 10.8 Å². The number of anilines is 1. The maximum atomic E-state index is 12.7. The summed E-state index contributed by atoms with van der Waals surface area (Å²) in [5.41, 5.74) is 1.05. The van der Waals surface area contributed by atoms with Crippen molar-refractivity contribution in [3.63, 3.8) is 0 Å². The Hall–Kier alpha value is -2.91. The number of hydrogen-bond acceptors (Lipinski definition) is 5. The Morgan fingerprint density at radius 2 is 2.22 bits per heavy atom. The Balaban J connectivity index is 1.67. The molecule has 1 unspecified atom stereocenters. The van der Waals surface area contributed by atoms with Gasteiger partial charge in [0.1, 0.15) is 11.1 Å². The molecule has 4 rings (SSSR count). The van der Waals surface area contributed by atoms with Crippen LogP contribution < -0.4 is 10.9 Å². The second-order valence-electron chi connectivity index (χ2n) is 6.78. The SMILES string of the molecule is CCC1CCc2c(sc(NC(=O)c3cc4ccccc4c(=O)o3)c2C#N)C1. The van der Waals surface area contributed by atoms with E-state index in [9.17, 15) is 14.9 Å². The van der Waals surface area contributed by atoms with E-state index in [2.05, 4.69) is 18.3 Å². The first kappa shape index (κ1) is 17.5. The molecule has 1 aliphatic carbocycles. The number of carbonyl (C=O) groups excluding carboxylic acids is 1. The summed E-state index contributed by atoms with van der Waals surface area (Å²) >= 11 is 1.46. The van der Waals surface area contributed by atoms with Crippen LogP contribution in [0.4, 0.5) is 5.00 Å². The molecule has 0 saturated carbocycles. The molecule has 0 fully saturated rings. The molecule has 0 radical (unpaired) electrons. The smallest absolute Gasteiger partial charge is 0.344 e. The number of nitrogens with one attached hydrogen (secondary N) is 1. The van der Waals surface area contributed by atoms with E-state index in [0.29, 0.717) is 27.3 Å². The molecule has 5 nitrogen and oxygen atoms in total. The molecule has 136 valence electrons. The van der Waals surface area contributed by atoms with Gasteiger partial charge in [0.2, 0.25) is 0 Å². The van der Waals surface area contributed by atoms with Crippen LogP contribution in [-0.2, 0) is 12.8 Å². The fourth-order valence-electron chi connectivity index (χ4n) is 3.62. The van der Waals surface area contributed by atoms with Crippen LogP contribution in [0.3, 0.4) is 0 Å². The highest BCUT2D eigenvalue weighted by Crippen LogP contribution is 2.40. The first-order chi connectivity index (χ1) is 13.1. The van der Waals surface area contributed by atoms with Crippen LogP contribution in [0.2, 0.25) is 0 Å². The molecule has 0 saturated heterocycles. The molecule has 1 atom stereocenters. The van der Waals surface area contributed by atoms with Crippen molar-refractivity contribution in [2.45, 2.75) is 32.6 Å². The van der Waals surface area contributed by atoms with Gasteiger partial charge in [-0.25, -0.2) is 4.79 Å². The number of benzene rings is 1. The van der Waals surface area contributed by atoms with Gasteiger partial charge in [0, 0.05) is 4.88 Å². The monoisotopic (exact) mass is 378 g/mol. The van der Waals surface area contributed by atoms with Crippen LogP contribution in [0, 0.1) is 17.2 Å². The summed E-state index contributed by atoms with van der Waals surface area (Å²) in [6.45, 7) is 2.18. The third-order valence-electron chi connectivity index (χ3n) is 5.18. The number of carbonyl (C=O) groups is 1. The highest BCUT2D eigenvalue weighted by molar-refractivity contribution is 7.16. The van der Waals surface area contributed by atoms with Gasteiger partial charge in [-0.05, 0) is 48.3 Å². The number of fused-ring (bicyclic) bond motifs is 2. The molecule has 0 spiro atoms. The van der Waals surface area contributed by atoms with Gasteiger partial charge in [-0.15, -0.1) is 11.3 Å². The van der Waals surface area contributed by atoms with Crippen molar-refractivity contribution in [2.75, 3.05) is 5.32 Å². The molecule has 0 aliphatic heterocycles. The molecule has 1 aliphatic rings. The summed E-state index contributed by atoms with van der Waals surface area (Å²) in [6.07, 6.45) is 4.01. The lowest BCUT2D eigenvalue weighted by Gasteiger charge is -2.20. The normalized spacial score (nSPS) is 15.9. The minimum Gasteiger partial charge on any atom is -0.417 e. The maximum Gasteiger partial charge on any atom is 0.344 e. The maximum absolute atomic E-state index is 12.7. The van der Waals surface area contributed by atoms with Crippen molar-refractivity contribution >= 4 is 33.0 Å². The number of nitriles is 1. The Bertz CT molecular complexity index is 1140. The van der Waals surface area contributed by atoms with E-state index < -0.39 is 11.5 Å². The van der Waals surface area contributed by atoms with Crippen molar-refractivity contribution < 1.29 is 9.21 Å². The van der Waals surface area contributed by atoms with Gasteiger partial charge in [-0.3, -0.25) is 4.79 Å². The second-order valence-corrected chi connectivity index (χ2v) is 7.88. The van der Waals surface area contributed by atoms with Crippen LogP contribution >= 0.6 is 11.3 Å². The molecule has 1 N–H and O–H groups in total. The summed E-state index contributed by atoms with van der Waals surface area (Å²) in [6, 6.07) is 10.8. The zero-order valence-corrected chi connectivity index (χ0v) is 15.7. The lowest BCUT2D eigenvalue weighted by molar-refractivity contribution is 0.0993. The minimum absolute atomic E-state index is 0.0552. The average Bonchev–Trinajstić information content (AvgIpc) is 3.03. The predicted molar refractivity (Wildman–Crippen MR) is 105 cm³/mol. The molecule has 1 amide bonds. The summed E-state index contributed by atoms with van der Waals surface area (Å²) in [4.78, 5) is 26.0. The Morgan fingerprint density at radius 1 is 1.41 bits per heavy atom. The zero-order chi connectivity index (χ0) is 19.0. The number of nitrogens with zero attached hydrogens (tertiary/aromatic N) is 1. The highest BCUT2D eigenvalue weighted by atomic mass is 32.1. The van der Waals surface area contributed by atoms with Gasteiger partial charge in [0.25, 0.3) is 5.91 Å². The van der Waals surface area contributed by atoms with E-state index in [0.717, 1.165) is 31.2 Å². The van der Waals surface area contributed by atoms with E-state index in [1.165, 1.54) is 16.2 Å². The van der Waals surface area contributed by atoms with E-state index in [1.807, 2.05) is 0 Å². The molecule has 0 bridgehead atoms. The van der Waals surface area contributed by atoms with Crippen LogP contribution in [0.1, 0.15) is 46.3 Å². The van der Waals surface area contributed by atoms with Crippen molar-refractivity contribution in [3.05, 3.63) is 62.5 Å². The second kappa shape index (κ2) is 7.01. The van der Waals surface area contributed by atoms with E-state index in [1.54, 1.807) is 30.3 Å². The Morgan fingerprint density at radius 3 is 3.00 bits per heavy atom. The first-order valence-electron chi connectivity index (χ1n) is 8.99. The van der Waals surface area contributed by atoms with E-state index >= 15 is 0 Å². The summed E-state index contributed by atoms with van der Waals surface area (Å²) in [5.74, 6) is 0.0603. The van der Waals surface area contributed by atoms with Crippen LogP contribution in [0.15, 0.2) is 39.5 Å². The van der Waals surface area contributed by atoms with Crippen molar-refractivity contribution in [1.82, 2.24) is 0 Å². The third-order valence-corrected chi connectivity index (χ3v) is 6.35. The van der Waals surface area contributed by atoms with E-state index in [-0.39, 0.29) is 5.76 Å². The number of amides is 1. The number of thiophene rings is 1. The third kappa shape index (κ3) is 3.15. The molecule has 6 heteroatoms. The van der Waals surface area contributed by atoms with Crippen LogP contribution in [0.5, 0.6) is 0 Å². The lowest BCUT2D eigenvalue weighted by Crippen LogP contribution is -2.15. The molecular weight excluding hydrogens is 360 g/mol. The fourth-order valence-corrected chi connectivity index (χ4v) is 4.93. The van der Waals surface area contributed by atoms with Crippen molar-refractivity contribution in [1.29, 1.82) is 5.26 Å². The standard InChI is InChI=1S/C21H18N2O3S/c1-2-12-7-8-15-16(11-22)20(27-18(15)9-12)23-19(24)17-10-13-5-3-4-6-14(13)21(25)26-17/h3-6,10,12H,2,7-9H2,1H3,(H,23,24). The Labute approximate surface area is 160 Å². The van der Waals surface area contributed by atoms with Gasteiger partial charge >= 0.3 is 5.63 Å². The van der Waals surface area contributed by atoms with Gasteiger partial charge in [0.05, 0.1) is 10.9 Å². The predicted octanol–water partition coefficient (Wildman–Crippen LogP) is 4.49. The van der Waals surface area contributed by atoms with Gasteiger partial charge < -0.3 is 9.73 Å². The molecule has 3 aromatic rings. The zero-order valence-electron chi connectivity index (χ0n) is 14.9. The first-order valence-corrected chi connectivity index (χ1v) is 9.81. The Kier molecular flexibility index (Phi) is 4.54. The number of rotatable bonds is 3. The molecule has 1 aromatic carbocycles. The molecule has 27 heavy (non-hydrogen) atoms. The van der Waals surface area contributed by atoms with Crippen LogP contribution in [-0.4, -0.2) is 5.91 Å². The fraction of sp³-hybridized carbons (Fsp3) is 0.286. The summed E-state index contributed by atoms with van der Waals surface area (Å²) in [7, 11) is 0. The minimum atomic E-state index is -0.546.